The fourth-order valence-electron chi connectivity index (χ4n) is 1.88. The van der Waals surface area contributed by atoms with Gasteiger partial charge in [-0.05, 0) is 30.5 Å². The number of aryl methyl sites for hydroxylation is 2. The number of hydrogen-bond acceptors (Lipinski definition) is 3. The first kappa shape index (κ1) is 14.9. The van der Waals surface area contributed by atoms with E-state index in [4.69, 9.17) is 12.2 Å². The highest BCUT2D eigenvalue weighted by Crippen LogP contribution is 2.19. The molecule has 104 valence electrons. The van der Waals surface area contributed by atoms with Crippen molar-refractivity contribution >= 4 is 34.0 Å². The minimum Gasteiger partial charge on any atom is -0.299 e. The Labute approximate surface area is 130 Å². The van der Waals surface area contributed by atoms with E-state index in [9.17, 15) is 0 Å². The molecule has 0 heterocycles. The van der Waals surface area contributed by atoms with Crippen molar-refractivity contribution in [2.75, 3.05) is 5.43 Å². The molecular weight excluding hydrogens is 284 g/mol. The predicted molar refractivity (Wildman–Crippen MR) is 93.0 cm³/mol. The van der Waals surface area contributed by atoms with E-state index in [0.717, 1.165) is 15.8 Å². The maximum atomic E-state index is 5.33. The van der Waals surface area contributed by atoms with E-state index < -0.39 is 0 Å². The van der Waals surface area contributed by atoms with Crippen molar-refractivity contribution in [3.63, 3.8) is 0 Å². The lowest BCUT2D eigenvalue weighted by Crippen LogP contribution is -2.26. The van der Waals surface area contributed by atoms with Crippen molar-refractivity contribution in [2.24, 2.45) is 0 Å². The minimum absolute atomic E-state index is 0.747. The van der Waals surface area contributed by atoms with E-state index in [1.54, 1.807) is 11.8 Å². The molecule has 0 atom stereocenters. The summed E-state index contributed by atoms with van der Waals surface area (Å²) in [4.78, 5) is 0. The number of thiocarbonyl (C=S) groups is 1. The zero-order chi connectivity index (χ0) is 14.4. The molecule has 2 rings (SSSR count). The number of hydrazine groups is 1. The molecule has 0 aromatic heterocycles. The smallest absolute Gasteiger partial charge is 0.152 e. The second-order valence-corrected chi connectivity index (χ2v) is 6.23. The average Bonchev–Trinajstić information content (AvgIpc) is 2.46. The van der Waals surface area contributed by atoms with Gasteiger partial charge in [-0.2, -0.15) is 0 Å². The molecule has 0 radical (unpaired) electrons. The van der Waals surface area contributed by atoms with Crippen molar-refractivity contribution in [2.45, 2.75) is 19.6 Å². The maximum absolute atomic E-state index is 5.33. The molecule has 2 N–H and O–H groups in total. The summed E-state index contributed by atoms with van der Waals surface area (Å²) >= 11 is 6.95. The van der Waals surface area contributed by atoms with Crippen LogP contribution < -0.4 is 10.9 Å². The highest BCUT2D eigenvalue weighted by Gasteiger charge is 2.03. The zero-order valence-corrected chi connectivity index (χ0v) is 13.3. The van der Waals surface area contributed by atoms with Gasteiger partial charge in [0, 0.05) is 5.75 Å². The van der Waals surface area contributed by atoms with E-state index in [1.807, 2.05) is 18.2 Å². The fourth-order valence-corrected chi connectivity index (χ4v) is 2.73. The third-order valence-corrected chi connectivity index (χ3v) is 4.28. The second kappa shape index (κ2) is 7.31. The van der Waals surface area contributed by atoms with Crippen LogP contribution in [-0.2, 0) is 5.75 Å². The molecule has 0 aliphatic heterocycles. The van der Waals surface area contributed by atoms with Gasteiger partial charge < -0.3 is 0 Å². The zero-order valence-electron chi connectivity index (χ0n) is 11.6. The minimum atomic E-state index is 0.747. The molecule has 0 saturated carbocycles. The van der Waals surface area contributed by atoms with Crippen molar-refractivity contribution in [1.82, 2.24) is 5.43 Å². The van der Waals surface area contributed by atoms with Crippen molar-refractivity contribution in [3.8, 4) is 0 Å². The SMILES string of the molecule is Cc1cccc(C)c1NNC(=S)SCc1ccccc1. The number of anilines is 1. The van der Waals surface area contributed by atoms with Crippen LogP contribution in [0, 0.1) is 13.8 Å². The third kappa shape index (κ3) is 4.25. The summed E-state index contributed by atoms with van der Waals surface area (Å²) in [6, 6.07) is 16.5. The van der Waals surface area contributed by atoms with Crippen LogP contribution in [0.25, 0.3) is 0 Å². The van der Waals surface area contributed by atoms with Crippen molar-refractivity contribution in [3.05, 3.63) is 65.2 Å². The Morgan fingerprint density at radius 1 is 1.00 bits per heavy atom. The van der Waals surface area contributed by atoms with Gasteiger partial charge >= 0.3 is 0 Å². The van der Waals surface area contributed by atoms with Gasteiger partial charge in [0.1, 0.15) is 0 Å². The Kier molecular flexibility index (Phi) is 5.44. The summed E-state index contributed by atoms with van der Waals surface area (Å²) in [5, 5.41) is 0. The Hall–Kier alpha value is -1.52. The van der Waals surface area contributed by atoms with Crippen LogP contribution in [0.1, 0.15) is 16.7 Å². The summed E-state index contributed by atoms with van der Waals surface area (Å²) in [5.41, 5.74) is 11.1. The molecule has 2 aromatic rings. The molecular formula is C16H18N2S2. The largest absolute Gasteiger partial charge is 0.299 e. The van der Waals surface area contributed by atoms with Crippen molar-refractivity contribution in [1.29, 1.82) is 0 Å². The molecule has 0 aliphatic rings. The van der Waals surface area contributed by atoms with Gasteiger partial charge in [-0.15, -0.1) is 0 Å². The van der Waals surface area contributed by atoms with E-state index in [-0.39, 0.29) is 0 Å². The van der Waals surface area contributed by atoms with Crippen LogP contribution in [0.15, 0.2) is 48.5 Å². The van der Waals surface area contributed by atoms with E-state index >= 15 is 0 Å². The van der Waals surface area contributed by atoms with Gasteiger partial charge in [-0.1, -0.05) is 72.5 Å². The third-order valence-electron chi connectivity index (χ3n) is 2.98. The lowest BCUT2D eigenvalue weighted by Gasteiger charge is -2.14. The summed E-state index contributed by atoms with van der Waals surface area (Å²) < 4.78 is 0.747. The van der Waals surface area contributed by atoms with Gasteiger partial charge in [-0.3, -0.25) is 10.9 Å². The lowest BCUT2D eigenvalue weighted by molar-refractivity contribution is 1.14. The Balaban J connectivity index is 1.84. The number of thioether (sulfide) groups is 1. The molecule has 0 spiro atoms. The van der Waals surface area contributed by atoms with Crippen LogP contribution in [0.3, 0.4) is 0 Å². The Morgan fingerprint density at radius 2 is 1.65 bits per heavy atom. The van der Waals surface area contributed by atoms with Gasteiger partial charge in [-0.25, -0.2) is 0 Å². The lowest BCUT2D eigenvalue weighted by atomic mass is 10.1. The van der Waals surface area contributed by atoms with Crippen LogP contribution in [0.5, 0.6) is 0 Å². The van der Waals surface area contributed by atoms with Crippen LogP contribution in [0.4, 0.5) is 5.69 Å². The number of hydrogen-bond donors (Lipinski definition) is 2. The molecule has 4 heteroatoms. The second-order valence-electron chi connectivity index (χ2n) is 4.58. The number of para-hydroxylation sites is 1. The molecule has 20 heavy (non-hydrogen) atoms. The first-order valence-electron chi connectivity index (χ1n) is 6.46. The highest BCUT2D eigenvalue weighted by molar-refractivity contribution is 8.22. The number of nitrogens with one attached hydrogen (secondary N) is 2. The molecule has 0 amide bonds. The first-order chi connectivity index (χ1) is 9.66. The Bertz CT molecular complexity index is 562. The van der Waals surface area contributed by atoms with Gasteiger partial charge in [0.25, 0.3) is 0 Å². The van der Waals surface area contributed by atoms with E-state index in [0.29, 0.717) is 0 Å². The monoisotopic (exact) mass is 302 g/mol. The van der Waals surface area contributed by atoms with Crippen LogP contribution in [0.2, 0.25) is 0 Å². The van der Waals surface area contributed by atoms with E-state index in [1.165, 1.54) is 16.7 Å². The standard InChI is InChI=1S/C16H18N2S2/c1-12-7-6-8-13(2)15(12)17-18-16(19)20-11-14-9-4-3-5-10-14/h3-10,17H,11H2,1-2H3,(H,18,19). The molecule has 2 aromatic carbocycles. The Morgan fingerprint density at radius 3 is 2.30 bits per heavy atom. The summed E-state index contributed by atoms with van der Waals surface area (Å²) in [6.45, 7) is 4.16. The van der Waals surface area contributed by atoms with Crippen LogP contribution >= 0.6 is 24.0 Å². The normalized spacial score (nSPS) is 10.1. The van der Waals surface area contributed by atoms with E-state index in [2.05, 4.69) is 55.0 Å². The fraction of sp³-hybridized carbons (Fsp3) is 0.188. The molecule has 2 nitrogen and oxygen atoms in total. The summed E-state index contributed by atoms with van der Waals surface area (Å²) in [6.07, 6.45) is 0. The maximum Gasteiger partial charge on any atom is 0.152 e. The molecule has 0 aliphatic carbocycles. The average molecular weight is 302 g/mol. The number of rotatable bonds is 4. The van der Waals surface area contributed by atoms with Crippen LogP contribution in [-0.4, -0.2) is 4.32 Å². The first-order valence-corrected chi connectivity index (χ1v) is 7.85. The molecule has 0 fully saturated rings. The van der Waals surface area contributed by atoms with Gasteiger partial charge in [0.05, 0.1) is 5.69 Å². The quantitative estimate of drug-likeness (QED) is 0.644. The molecule has 0 unspecified atom stereocenters. The molecule has 0 saturated heterocycles. The van der Waals surface area contributed by atoms with Gasteiger partial charge in [0.2, 0.25) is 0 Å². The van der Waals surface area contributed by atoms with Crippen molar-refractivity contribution < 1.29 is 0 Å². The highest BCUT2D eigenvalue weighted by atomic mass is 32.2. The topological polar surface area (TPSA) is 24.1 Å². The van der Waals surface area contributed by atoms with Gasteiger partial charge in [0.15, 0.2) is 4.32 Å². The summed E-state index contributed by atoms with van der Waals surface area (Å²) in [5.74, 6) is 0.876. The number of benzene rings is 2. The molecule has 0 bridgehead atoms. The summed E-state index contributed by atoms with van der Waals surface area (Å²) in [7, 11) is 0. The predicted octanol–water partition coefficient (Wildman–Crippen LogP) is 4.44.